The monoisotopic (exact) mass is 271 g/mol. The summed E-state index contributed by atoms with van der Waals surface area (Å²) in [6.07, 6.45) is 11.1. The molecule has 2 aliphatic carbocycles. The SMILES string of the molecule is CCC1CCC(NCC2CCCc3ccccc32)CC1. The number of benzene rings is 1. The lowest BCUT2D eigenvalue weighted by Crippen LogP contribution is -2.36. The highest BCUT2D eigenvalue weighted by molar-refractivity contribution is 5.32. The van der Waals surface area contributed by atoms with Gasteiger partial charge in [0.05, 0.1) is 0 Å². The Morgan fingerprint density at radius 3 is 2.65 bits per heavy atom. The Kier molecular flexibility index (Phi) is 4.77. The van der Waals surface area contributed by atoms with Gasteiger partial charge in [-0.25, -0.2) is 0 Å². The smallest absolute Gasteiger partial charge is 0.00675 e. The van der Waals surface area contributed by atoms with Gasteiger partial charge in [-0.05, 0) is 67.9 Å². The van der Waals surface area contributed by atoms with Crippen LogP contribution in [-0.2, 0) is 6.42 Å². The first-order chi connectivity index (χ1) is 9.86. The molecule has 0 aromatic heterocycles. The Morgan fingerprint density at radius 1 is 1.05 bits per heavy atom. The van der Waals surface area contributed by atoms with E-state index < -0.39 is 0 Å². The molecular formula is C19H29N. The lowest BCUT2D eigenvalue weighted by atomic mass is 9.81. The zero-order valence-electron chi connectivity index (χ0n) is 12.9. The van der Waals surface area contributed by atoms with Gasteiger partial charge in [-0.15, -0.1) is 0 Å². The van der Waals surface area contributed by atoms with E-state index in [4.69, 9.17) is 0 Å². The van der Waals surface area contributed by atoms with Crippen LogP contribution in [0.1, 0.15) is 68.9 Å². The largest absolute Gasteiger partial charge is 0.313 e. The van der Waals surface area contributed by atoms with E-state index in [1.165, 1.54) is 57.9 Å². The van der Waals surface area contributed by atoms with Crippen LogP contribution in [-0.4, -0.2) is 12.6 Å². The van der Waals surface area contributed by atoms with Gasteiger partial charge >= 0.3 is 0 Å². The summed E-state index contributed by atoms with van der Waals surface area (Å²) in [6, 6.07) is 9.87. The standard InChI is InChI=1S/C19H29N/c1-2-15-10-12-18(13-11-15)20-14-17-8-5-7-16-6-3-4-9-19(16)17/h3-4,6,9,15,17-18,20H,2,5,7-8,10-14H2,1H3. The minimum Gasteiger partial charge on any atom is -0.313 e. The first-order valence-corrected chi connectivity index (χ1v) is 8.68. The molecule has 20 heavy (non-hydrogen) atoms. The molecule has 2 aliphatic rings. The van der Waals surface area contributed by atoms with Gasteiger partial charge in [0.2, 0.25) is 0 Å². The summed E-state index contributed by atoms with van der Waals surface area (Å²) in [7, 11) is 0. The van der Waals surface area contributed by atoms with E-state index in [9.17, 15) is 0 Å². The van der Waals surface area contributed by atoms with E-state index >= 15 is 0 Å². The zero-order valence-corrected chi connectivity index (χ0v) is 12.9. The molecule has 1 N–H and O–H groups in total. The summed E-state index contributed by atoms with van der Waals surface area (Å²) in [4.78, 5) is 0. The fourth-order valence-electron chi connectivity index (χ4n) is 4.15. The number of rotatable bonds is 4. The fraction of sp³-hybridized carbons (Fsp3) is 0.684. The van der Waals surface area contributed by atoms with Gasteiger partial charge in [-0.2, -0.15) is 0 Å². The fourth-order valence-corrected chi connectivity index (χ4v) is 4.15. The molecule has 1 atom stereocenters. The van der Waals surface area contributed by atoms with Crippen molar-refractivity contribution in [2.24, 2.45) is 5.92 Å². The summed E-state index contributed by atoms with van der Waals surface area (Å²) in [6.45, 7) is 3.54. The van der Waals surface area contributed by atoms with Gasteiger partial charge in [-0.1, -0.05) is 37.6 Å². The molecule has 0 heterocycles. The molecule has 0 saturated heterocycles. The Labute approximate surface area is 124 Å². The van der Waals surface area contributed by atoms with Gasteiger partial charge < -0.3 is 5.32 Å². The summed E-state index contributed by atoms with van der Waals surface area (Å²) < 4.78 is 0. The maximum absolute atomic E-state index is 3.88. The highest BCUT2D eigenvalue weighted by Gasteiger charge is 2.23. The normalized spacial score (nSPS) is 29.9. The molecule has 0 bridgehead atoms. The van der Waals surface area contributed by atoms with Crippen LogP contribution >= 0.6 is 0 Å². The van der Waals surface area contributed by atoms with Crippen molar-refractivity contribution >= 4 is 0 Å². The summed E-state index contributed by atoms with van der Waals surface area (Å²) >= 11 is 0. The number of aryl methyl sites for hydroxylation is 1. The number of fused-ring (bicyclic) bond motifs is 1. The molecule has 1 heteroatoms. The van der Waals surface area contributed by atoms with Crippen LogP contribution in [0.2, 0.25) is 0 Å². The summed E-state index contributed by atoms with van der Waals surface area (Å²) in [5.41, 5.74) is 3.22. The molecular weight excluding hydrogens is 242 g/mol. The molecule has 1 aromatic carbocycles. The number of hydrogen-bond acceptors (Lipinski definition) is 1. The van der Waals surface area contributed by atoms with Crippen molar-refractivity contribution in [2.75, 3.05) is 6.54 Å². The average molecular weight is 271 g/mol. The molecule has 0 spiro atoms. The van der Waals surface area contributed by atoms with Crippen molar-refractivity contribution in [2.45, 2.75) is 70.3 Å². The molecule has 1 aromatic rings. The van der Waals surface area contributed by atoms with Crippen LogP contribution in [0.15, 0.2) is 24.3 Å². The predicted molar refractivity (Wildman–Crippen MR) is 86.2 cm³/mol. The summed E-state index contributed by atoms with van der Waals surface area (Å²) in [5.74, 6) is 1.76. The van der Waals surface area contributed by atoms with E-state index in [0.717, 1.165) is 17.9 Å². The molecule has 1 nitrogen and oxygen atoms in total. The van der Waals surface area contributed by atoms with Gasteiger partial charge in [0.1, 0.15) is 0 Å². The van der Waals surface area contributed by atoms with E-state index in [-0.39, 0.29) is 0 Å². The average Bonchev–Trinajstić information content (AvgIpc) is 2.53. The maximum Gasteiger partial charge on any atom is 0.00675 e. The van der Waals surface area contributed by atoms with Crippen LogP contribution < -0.4 is 5.32 Å². The highest BCUT2D eigenvalue weighted by Crippen LogP contribution is 2.32. The second kappa shape index (κ2) is 6.76. The zero-order chi connectivity index (χ0) is 13.8. The van der Waals surface area contributed by atoms with Gasteiger partial charge in [0.15, 0.2) is 0 Å². The topological polar surface area (TPSA) is 12.0 Å². The van der Waals surface area contributed by atoms with Crippen molar-refractivity contribution in [3.05, 3.63) is 35.4 Å². The van der Waals surface area contributed by atoms with Crippen molar-refractivity contribution in [3.63, 3.8) is 0 Å². The van der Waals surface area contributed by atoms with Crippen LogP contribution in [0, 0.1) is 5.92 Å². The first-order valence-electron chi connectivity index (χ1n) is 8.68. The molecule has 1 fully saturated rings. The summed E-state index contributed by atoms with van der Waals surface area (Å²) in [5, 5.41) is 3.88. The molecule has 1 saturated carbocycles. The van der Waals surface area contributed by atoms with Crippen LogP contribution in [0.25, 0.3) is 0 Å². The molecule has 1 unspecified atom stereocenters. The molecule has 0 radical (unpaired) electrons. The highest BCUT2D eigenvalue weighted by atomic mass is 14.9. The minimum atomic E-state index is 0.754. The predicted octanol–water partition coefficient (Wildman–Crippen LogP) is 4.66. The van der Waals surface area contributed by atoms with Crippen LogP contribution in [0.5, 0.6) is 0 Å². The number of hydrogen-bond donors (Lipinski definition) is 1. The Morgan fingerprint density at radius 2 is 1.85 bits per heavy atom. The second-order valence-electron chi connectivity index (χ2n) is 6.82. The Hall–Kier alpha value is -0.820. The van der Waals surface area contributed by atoms with Crippen LogP contribution in [0.3, 0.4) is 0 Å². The quantitative estimate of drug-likeness (QED) is 0.839. The molecule has 0 amide bonds. The Bertz CT molecular complexity index is 418. The number of nitrogens with one attached hydrogen (secondary N) is 1. The van der Waals surface area contributed by atoms with Crippen molar-refractivity contribution in [3.8, 4) is 0 Å². The van der Waals surface area contributed by atoms with Gasteiger partial charge in [0.25, 0.3) is 0 Å². The van der Waals surface area contributed by atoms with Gasteiger partial charge in [-0.3, -0.25) is 0 Å². The minimum absolute atomic E-state index is 0.754. The first kappa shape index (κ1) is 14.1. The third kappa shape index (κ3) is 3.25. The third-order valence-electron chi connectivity index (χ3n) is 5.57. The lowest BCUT2D eigenvalue weighted by Gasteiger charge is -2.31. The van der Waals surface area contributed by atoms with E-state index in [1.54, 1.807) is 11.1 Å². The van der Waals surface area contributed by atoms with E-state index in [2.05, 4.69) is 36.5 Å². The van der Waals surface area contributed by atoms with Gasteiger partial charge in [0, 0.05) is 12.6 Å². The molecule has 110 valence electrons. The van der Waals surface area contributed by atoms with Crippen LogP contribution in [0.4, 0.5) is 0 Å². The van der Waals surface area contributed by atoms with Crippen molar-refractivity contribution in [1.29, 1.82) is 0 Å². The van der Waals surface area contributed by atoms with E-state index in [0.29, 0.717) is 0 Å². The molecule has 0 aliphatic heterocycles. The third-order valence-corrected chi connectivity index (χ3v) is 5.57. The molecule has 3 rings (SSSR count). The second-order valence-corrected chi connectivity index (χ2v) is 6.82. The maximum atomic E-state index is 3.88. The van der Waals surface area contributed by atoms with Crippen molar-refractivity contribution in [1.82, 2.24) is 5.32 Å². The Balaban J connectivity index is 1.52. The van der Waals surface area contributed by atoms with E-state index in [1.807, 2.05) is 0 Å². The van der Waals surface area contributed by atoms with Crippen molar-refractivity contribution < 1.29 is 0 Å². The lowest BCUT2D eigenvalue weighted by molar-refractivity contribution is 0.281.